The summed E-state index contributed by atoms with van der Waals surface area (Å²) >= 11 is 5.69. The summed E-state index contributed by atoms with van der Waals surface area (Å²) in [5.41, 5.74) is 2.20. The van der Waals surface area contributed by atoms with Crippen molar-refractivity contribution in [1.29, 1.82) is 0 Å². The predicted molar refractivity (Wildman–Crippen MR) is 120 cm³/mol. The molecule has 0 saturated carbocycles. The molecule has 7 heteroatoms. The molecule has 1 aromatic heterocycles. The van der Waals surface area contributed by atoms with Crippen LogP contribution in [-0.2, 0) is 16.9 Å². The van der Waals surface area contributed by atoms with Crippen LogP contribution in [0.3, 0.4) is 0 Å². The molecule has 4 rings (SSSR count). The Bertz CT molecular complexity index is 1020. The molecule has 0 aliphatic rings. The molecule has 31 heavy (non-hydrogen) atoms. The number of rotatable bonds is 8. The second kappa shape index (κ2) is 9.53. The monoisotopic (exact) mass is 431 g/mol. The topological polar surface area (TPSA) is 72.7 Å². The third-order valence-corrected chi connectivity index (χ3v) is 5.38. The minimum Gasteiger partial charge on any atom is -0.349 e. The van der Waals surface area contributed by atoms with Gasteiger partial charge in [-0.3, -0.25) is 4.79 Å². The van der Waals surface area contributed by atoms with E-state index in [1.165, 1.54) is 0 Å². The molecule has 6 nitrogen and oxygen atoms in total. The van der Waals surface area contributed by atoms with Crippen LogP contribution in [0.15, 0.2) is 91.0 Å². The quantitative estimate of drug-likeness (QED) is 0.340. The van der Waals surface area contributed by atoms with E-state index in [2.05, 4.69) is 57.2 Å². The van der Waals surface area contributed by atoms with E-state index in [0.717, 1.165) is 16.7 Å². The van der Waals surface area contributed by atoms with E-state index >= 15 is 0 Å². The zero-order valence-corrected chi connectivity index (χ0v) is 17.6. The fourth-order valence-electron chi connectivity index (χ4n) is 3.83. The summed E-state index contributed by atoms with van der Waals surface area (Å²) in [6.45, 7) is 0.191. The molecule has 0 aliphatic heterocycles. The normalized spacial score (nSPS) is 11.3. The maximum atomic E-state index is 12.0. The van der Waals surface area contributed by atoms with Gasteiger partial charge in [-0.2, -0.15) is 0 Å². The van der Waals surface area contributed by atoms with Gasteiger partial charge in [-0.1, -0.05) is 91.0 Å². The lowest BCUT2D eigenvalue weighted by Gasteiger charge is -2.36. The number of halogens is 1. The average Bonchev–Trinajstić information content (AvgIpc) is 3.30. The number of nitrogens with zero attached hydrogens (tertiary/aromatic N) is 4. The maximum absolute atomic E-state index is 12.0. The molecule has 3 aromatic carbocycles. The Balaban J connectivity index is 1.95. The van der Waals surface area contributed by atoms with Gasteiger partial charge in [0.05, 0.1) is 6.54 Å². The van der Waals surface area contributed by atoms with E-state index in [-0.39, 0.29) is 24.8 Å². The highest BCUT2D eigenvalue weighted by Crippen LogP contribution is 2.40. The van der Waals surface area contributed by atoms with Crippen molar-refractivity contribution < 1.29 is 4.79 Å². The van der Waals surface area contributed by atoms with Crippen molar-refractivity contribution in [1.82, 2.24) is 25.5 Å². The number of alkyl halides is 1. The summed E-state index contributed by atoms with van der Waals surface area (Å²) in [6.07, 6.45) is 0.240. The van der Waals surface area contributed by atoms with Gasteiger partial charge in [0.1, 0.15) is 5.54 Å². The fourth-order valence-corrected chi connectivity index (χ4v) is 4.00. The first kappa shape index (κ1) is 20.8. The Morgan fingerprint density at radius 2 is 1.32 bits per heavy atom. The summed E-state index contributed by atoms with van der Waals surface area (Å²) in [5, 5.41) is 15.5. The molecule has 1 N–H and O–H groups in total. The number of hydrogen-bond acceptors (Lipinski definition) is 4. The predicted octanol–water partition coefficient (Wildman–Crippen LogP) is 3.76. The maximum Gasteiger partial charge on any atom is 0.221 e. The van der Waals surface area contributed by atoms with Gasteiger partial charge in [0.2, 0.25) is 5.91 Å². The van der Waals surface area contributed by atoms with E-state index < -0.39 is 5.54 Å². The van der Waals surface area contributed by atoms with Crippen molar-refractivity contribution in [2.45, 2.75) is 18.5 Å². The van der Waals surface area contributed by atoms with Gasteiger partial charge in [-0.25, -0.2) is 4.68 Å². The molecule has 0 unspecified atom stereocenters. The van der Waals surface area contributed by atoms with Crippen molar-refractivity contribution in [3.8, 4) is 0 Å². The third kappa shape index (κ3) is 4.07. The highest BCUT2D eigenvalue weighted by Gasteiger charge is 2.41. The molecular formula is C24H22ClN5O. The molecule has 0 aliphatic carbocycles. The highest BCUT2D eigenvalue weighted by atomic mass is 35.5. The summed E-state index contributed by atoms with van der Waals surface area (Å²) < 4.78 is 1.80. The fraction of sp³-hybridized carbons (Fsp3) is 0.167. The lowest BCUT2D eigenvalue weighted by molar-refractivity contribution is -0.120. The standard InChI is InChI=1S/C24H22ClN5O/c25-17-16-23(31)26-18-22-27-28-29-30(22)24(19-10-4-1-5-11-19,20-12-6-2-7-13-20)21-14-8-3-9-15-21/h1-15H,16-18H2,(H,26,31). The van der Waals surface area contributed by atoms with Gasteiger partial charge < -0.3 is 5.32 Å². The first-order valence-corrected chi connectivity index (χ1v) is 10.6. The number of hydrogen-bond donors (Lipinski definition) is 1. The van der Waals surface area contributed by atoms with Crippen molar-refractivity contribution in [3.05, 3.63) is 114 Å². The van der Waals surface area contributed by atoms with Crippen molar-refractivity contribution in [2.24, 2.45) is 0 Å². The molecular weight excluding hydrogens is 410 g/mol. The van der Waals surface area contributed by atoms with Crippen LogP contribution in [0, 0.1) is 0 Å². The Hall–Kier alpha value is -3.51. The van der Waals surface area contributed by atoms with E-state index in [1.54, 1.807) is 4.68 Å². The van der Waals surface area contributed by atoms with Crippen LogP contribution in [0.2, 0.25) is 0 Å². The molecule has 0 saturated heterocycles. The molecule has 156 valence electrons. The van der Waals surface area contributed by atoms with E-state index in [9.17, 15) is 4.79 Å². The number of tetrazole rings is 1. The number of nitrogens with one attached hydrogen (secondary N) is 1. The summed E-state index contributed by atoms with van der Waals surface area (Å²) in [7, 11) is 0. The number of benzene rings is 3. The van der Waals surface area contributed by atoms with Crippen molar-refractivity contribution in [3.63, 3.8) is 0 Å². The Morgan fingerprint density at radius 3 is 1.77 bits per heavy atom. The molecule has 0 fully saturated rings. The van der Waals surface area contributed by atoms with Gasteiger partial charge in [-0.15, -0.1) is 16.7 Å². The van der Waals surface area contributed by atoms with Crippen LogP contribution in [0.4, 0.5) is 0 Å². The molecule has 0 bridgehead atoms. The lowest BCUT2D eigenvalue weighted by atomic mass is 9.77. The number of carbonyl (C=O) groups excluding carboxylic acids is 1. The van der Waals surface area contributed by atoms with Gasteiger partial charge in [0, 0.05) is 12.3 Å². The molecule has 0 spiro atoms. The molecule has 1 heterocycles. The van der Waals surface area contributed by atoms with Gasteiger partial charge >= 0.3 is 0 Å². The van der Waals surface area contributed by atoms with Crippen molar-refractivity contribution in [2.75, 3.05) is 5.88 Å². The van der Waals surface area contributed by atoms with E-state index in [4.69, 9.17) is 11.6 Å². The molecule has 4 aromatic rings. The zero-order valence-electron chi connectivity index (χ0n) is 16.9. The summed E-state index contributed by atoms with van der Waals surface area (Å²) in [6, 6.07) is 30.4. The van der Waals surface area contributed by atoms with E-state index in [1.807, 2.05) is 54.6 Å². The lowest BCUT2D eigenvalue weighted by Crippen LogP contribution is -2.41. The zero-order chi connectivity index (χ0) is 21.5. The van der Waals surface area contributed by atoms with Crippen LogP contribution in [0.25, 0.3) is 0 Å². The van der Waals surface area contributed by atoms with Crippen molar-refractivity contribution >= 4 is 17.5 Å². The minimum absolute atomic E-state index is 0.144. The second-order valence-electron chi connectivity index (χ2n) is 7.03. The van der Waals surface area contributed by atoms with Crippen LogP contribution < -0.4 is 5.32 Å². The number of amides is 1. The summed E-state index contributed by atoms with van der Waals surface area (Å²) in [5.74, 6) is 0.660. The van der Waals surface area contributed by atoms with Crippen LogP contribution in [-0.4, -0.2) is 32.0 Å². The van der Waals surface area contributed by atoms with Crippen LogP contribution >= 0.6 is 11.6 Å². The summed E-state index contributed by atoms with van der Waals surface area (Å²) in [4.78, 5) is 12.0. The first-order chi connectivity index (χ1) is 15.3. The second-order valence-corrected chi connectivity index (χ2v) is 7.41. The SMILES string of the molecule is O=C(CCCl)NCc1nnnn1C(c1ccccc1)(c1ccccc1)c1ccccc1. The smallest absolute Gasteiger partial charge is 0.221 e. The Kier molecular flexibility index (Phi) is 6.38. The molecule has 1 amide bonds. The Labute approximate surface area is 185 Å². The first-order valence-electron chi connectivity index (χ1n) is 10.0. The molecule has 0 radical (unpaired) electrons. The molecule has 0 atom stereocenters. The van der Waals surface area contributed by atoms with Gasteiger partial charge in [0.25, 0.3) is 0 Å². The number of aromatic nitrogens is 4. The van der Waals surface area contributed by atoms with Crippen LogP contribution in [0.1, 0.15) is 28.9 Å². The number of carbonyl (C=O) groups is 1. The Morgan fingerprint density at radius 1 is 0.839 bits per heavy atom. The van der Waals surface area contributed by atoms with Gasteiger partial charge in [-0.05, 0) is 27.1 Å². The third-order valence-electron chi connectivity index (χ3n) is 5.19. The van der Waals surface area contributed by atoms with E-state index in [0.29, 0.717) is 5.82 Å². The minimum atomic E-state index is -0.820. The largest absolute Gasteiger partial charge is 0.349 e. The highest BCUT2D eigenvalue weighted by molar-refractivity contribution is 6.18. The van der Waals surface area contributed by atoms with Gasteiger partial charge in [0.15, 0.2) is 5.82 Å². The average molecular weight is 432 g/mol. The van der Waals surface area contributed by atoms with Crippen LogP contribution in [0.5, 0.6) is 0 Å².